The summed E-state index contributed by atoms with van der Waals surface area (Å²) in [6.07, 6.45) is 2.12. The maximum Gasteiger partial charge on any atom is 0.343 e. The van der Waals surface area contributed by atoms with Crippen LogP contribution in [0.4, 0.5) is 0 Å². The largest absolute Gasteiger partial charge is 0.508 e. The van der Waals surface area contributed by atoms with E-state index in [1.165, 1.54) is 29.8 Å². The van der Waals surface area contributed by atoms with Gasteiger partial charge in [0.25, 0.3) is 0 Å². The van der Waals surface area contributed by atoms with Crippen molar-refractivity contribution >= 4 is 11.9 Å². The third-order valence-electron chi connectivity index (χ3n) is 5.15. The van der Waals surface area contributed by atoms with Crippen molar-refractivity contribution in [2.24, 2.45) is 5.92 Å². The number of esters is 2. The average molecular weight is 418 g/mol. The number of phenols is 1. The van der Waals surface area contributed by atoms with Gasteiger partial charge in [0.2, 0.25) is 0 Å². The Morgan fingerprint density at radius 1 is 0.871 bits per heavy atom. The molecule has 1 atom stereocenters. The number of carbonyl (C=O) groups is 2. The van der Waals surface area contributed by atoms with Crippen molar-refractivity contribution in [1.82, 2.24) is 0 Å². The van der Waals surface area contributed by atoms with E-state index >= 15 is 0 Å². The normalized spacial score (nSPS) is 11.6. The Balaban J connectivity index is 1.64. The van der Waals surface area contributed by atoms with Crippen LogP contribution in [0, 0.1) is 12.8 Å². The maximum atomic E-state index is 12.6. The van der Waals surface area contributed by atoms with Gasteiger partial charge < -0.3 is 14.6 Å². The number of aromatic hydroxyl groups is 1. The number of aryl methyl sites for hydroxylation is 1. The molecule has 0 radical (unpaired) electrons. The summed E-state index contributed by atoms with van der Waals surface area (Å²) in [5, 5.41) is 9.32. The number of rotatable bonds is 7. The molecule has 31 heavy (non-hydrogen) atoms. The van der Waals surface area contributed by atoms with E-state index in [-0.39, 0.29) is 5.75 Å². The summed E-state index contributed by atoms with van der Waals surface area (Å²) >= 11 is 0. The minimum atomic E-state index is -0.549. The summed E-state index contributed by atoms with van der Waals surface area (Å²) in [5.41, 5.74) is 2.56. The van der Waals surface area contributed by atoms with E-state index in [0.29, 0.717) is 34.1 Å². The van der Waals surface area contributed by atoms with Gasteiger partial charge in [-0.2, -0.15) is 0 Å². The predicted molar refractivity (Wildman–Crippen MR) is 119 cm³/mol. The highest BCUT2D eigenvalue weighted by Gasteiger charge is 2.15. The van der Waals surface area contributed by atoms with Gasteiger partial charge >= 0.3 is 11.9 Å². The lowest BCUT2D eigenvalue weighted by atomic mass is 9.99. The second kappa shape index (κ2) is 9.94. The quantitative estimate of drug-likeness (QED) is 0.392. The van der Waals surface area contributed by atoms with E-state index in [1.54, 1.807) is 37.3 Å². The molecule has 160 valence electrons. The molecule has 0 fully saturated rings. The maximum absolute atomic E-state index is 12.6. The van der Waals surface area contributed by atoms with Crippen LogP contribution in [0.2, 0.25) is 0 Å². The molecule has 0 bridgehead atoms. The predicted octanol–water partition coefficient (Wildman–Crippen LogP) is 5.73. The molecule has 0 amide bonds. The Morgan fingerprint density at radius 3 is 2.10 bits per heavy atom. The molecule has 0 saturated heterocycles. The molecule has 0 aliphatic carbocycles. The Bertz CT molecular complexity index is 1050. The van der Waals surface area contributed by atoms with Crippen molar-refractivity contribution in [2.75, 3.05) is 0 Å². The zero-order valence-electron chi connectivity index (χ0n) is 17.9. The van der Waals surface area contributed by atoms with E-state index in [4.69, 9.17) is 9.47 Å². The molecule has 5 heteroatoms. The second-order valence-corrected chi connectivity index (χ2v) is 7.66. The number of benzene rings is 3. The summed E-state index contributed by atoms with van der Waals surface area (Å²) in [7, 11) is 0. The summed E-state index contributed by atoms with van der Waals surface area (Å²) in [5.74, 6) is 0.468. The molecule has 1 unspecified atom stereocenters. The first kappa shape index (κ1) is 22.1. The fourth-order valence-electron chi connectivity index (χ4n) is 3.09. The highest BCUT2D eigenvalue weighted by molar-refractivity contribution is 5.93. The number of phenolic OH excluding ortho intramolecular Hbond substituents is 1. The van der Waals surface area contributed by atoms with Gasteiger partial charge in [0, 0.05) is 0 Å². The zero-order valence-corrected chi connectivity index (χ0v) is 17.9. The molecule has 5 nitrogen and oxygen atoms in total. The summed E-state index contributed by atoms with van der Waals surface area (Å²) in [4.78, 5) is 24.8. The van der Waals surface area contributed by atoms with Gasteiger partial charge in [0.15, 0.2) is 0 Å². The van der Waals surface area contributed by atoms with Crippen molar-refractivity contribution in [2.45, 2.75) is 33.6 Å². The molecular weight excluding hydrogens is 392 g/mol. The lowest BCUT2D eigenvalue weighted by Gasteiger charge is -2.11. The second-order valence-electron chi connectivity index (χ2n) is 7.66. The highest BCUT2D eigenvalue weighted by Crippen LogP contribution is 2.22. The molecule has 3 aromatic carbocycles. The molecule has 0 aliphatic rings. The van der Waals surface area contributed by atoms with Gasteiger partial charge in [-0.05, 0) is 85.0 Å². The van der Waals surface area contributed by atoms with E-state index in [1.807, 2.05) is 12.1 Å². The van der Waals surface area contributed by atoms with E-state index in [9.17, 15) is 14.7 Å². The lowest BCUT2D eigenvalue weighted by Crippen LogP contribution is -2.12. The highest BCUT2D eigenvalue weighted by atomic mass is 16.5. The minimum Gasteiger partial charge on any atom is -0.508 e. The van der Waals surface area contributed by atoms with E-state index < -0.39 is 11.9 Å². The van der Waals surface area contributed by atoms with Crippen LogP contribution in [0.15, 0.2) is 66.7 Å². The number of hydrogen-bond acceptors (Lipinski definition) is 5. The monoisotopic (exact) mass is 418 g/mol. The van der Waals surface area contributed by atoms with Crippen LogP contribution < -0.4 is 9.47 Å². The van der Waals surface area contributed by atoms with Crippen molar-refractivity contribution in [1.29, 1.82) is 0 Å². The molecule has 3 aromatic rings. The summed E-state index contributed by atoms with van der Waals surface area (Å²) in [6, 6.07) is 18.1. The molecule has 1 N–H and O–H groups in total. The molecule has 0 aliphatic heterocycles. The molecular formula is C26H26O5. The van der Waals surface area contributed by atoms with Crippen LogP contribution in [-0.2, 0) is 6.42 Å². The van der Waals surface area contributed by atoms with Gasteiger partial charge in [0.1, 0.15) is 17.2 Å². The van der Waals surface area contributed by atoms with Crippen molar-refractivity contribution < 1.29 is 24.2 Å². The van der Waals surface area contributed by atoms with Gasteiger partial charge in [-0.25, -0.2) is 9.59 Å². The van der Waals surface area contributed by atoms with E-state index in [0.717, 1.165) is 12.8 Å². The summed E-state index contributed by atoms with van der Waals surface area (Å²) in [6.45, 7) is 6.13. The van der Waals surface area contributed by atoms with Crippen molar-refractivity contribution in [3.05, 3.63) is 89.0 Å². The first-order valence-electron chi connectivity index (χ1n) is 10.3. The number of ether oxygens (including phenoxy) is 2. The SMILES string of the molecule is CCC(C)Cc1ccc(OC(=O)c2ccc(OC(=O)c3ccc(O)cc3)cc2C)cc1. The van der Waals surface area contributed by atoms with Crippen LogP contribution in [-0.4, -0.2) is 17.0 Å². The fourth-order valence-corrected chi connectivity index (χ4v) is 3.09. The van der Waals surface area contributed by atoms with Crippen molar-refractivity contribution in [3.63, 3.8) is 0 Å². The fraction of sp³-hybridized carbons (Fsp3) is 0.231. The molecule has 0 heterocycles. The standard InChI is InChI=1S/C26H26O5/c1-4-17(2)15-19-5-11-22(12-6-19)30-26(29)24-14-13-23(16-18(24)3)31-25(28)20-7-9-21(27)10-8-20/h5-14,16-17,27H,4,15H2,1-3H3. The van der Waals surface area contributed by atoms with Gasteiger partial charge in [-0.1, -0.05) is 32.4 Å². The summed E-state index contributed by atoms with van der Waals surface area (Å²) < 4.78 is 10.9. The minimum absolute atomic E-state index is 0.0698. The Kier molecular flexibility index (Phi) is 7.08. The zero-order chi connectivity index (χ0) is 22.4. The molecule has 3 rings (SSSR count). The third-order valence-corrected chi connectivity index (χ3v) is 5.15. The molecule has 0 spiro atoms. The van der Waals surface area contributed by atoms with Crippen LogP contribution in [0.3, 0.4) is 0 Å². The van der Waals surface area contributed by atoms with Gasteiger partial charge in [-0.3, -0.25) is 0 Å². The first-order valence-corrected chi connectivity index (χ1v) is 10.3. The smallest absolute Gasteiger partial charge is 0.343 e. The molecule has 0 aromatic heterocycles. The lowest BCUT2D eigenvalue weighted by molar-refractivity contribution is 0.0730. The number of carbonyl (C=O) groups excluding carboxylic acids is 2. The Hall–Kier alpha value is -3.60. The first-order chi connectivity index (χ1) is 14.9. The molecule has 0 saturated carbocycles. The van der Waals surface area contributed by atoms with Crippen LogP contribution in [0.1, 0.15) is 52.1 Å². The average Bonchev–Trinajstić information content (AvgIpc) is 2.75. The topological polar surface area (TPSA) is 72.8 Å². The van der Waals surface area contributed by atoms with Gasteiger partial charge in [-0.15, -0.1) is 0 Å². The van der Waals surface area contributed by atoms with Crippen molar-refractivity contribution in [3.8, 4) is 17.2 Å². The Labute approximate surface area is 182 Å². The van der Waals surface area contributed by atoms with E-state index in [2.05, 4.69) is 13.8 Å². The van der Waals surface area contributed by atoms with Gasteiger partial charge in [0.05, 0.1) is 11.1 Å². The van der Waals surface area contributed by atoms with Crippen LogP contribution in [0.5, 0.6) is 17.2 Å². The third kappa shape index (κ3) is 5.95. The van der Waals surface area contributed by atoms with Crippen LogP contribution in [0.25, 0.3) is 0 Å². The van der Waals surface area contributed by atoms with Crippen LogP contribution >= 0.6 is 0 Å². The Morgan fingerprint density at radius 2 is 1.48 bits per heavy atom. The number of hydrogen-bond donors (Lipinski definition) is 1.